The fraction of sp³-hybridized carbons (Fsp3) is 0.600. The molecule has 0 aliphatic carbocycles. The Morgan fingerprint density at radius 3 is 2.86 bits per heavy atom. The van der Waals surface area contributed by atoms with Gasteiger partial charge in [-0.1, -0.05) is 0 Å². The maximum Gasteiger partial charge on any atom is 0.154 e. The van der Waals surface area contributed by atoms with Crippen molar-refractivity contribution in [1.82, 2.24) is 24.8 Å². The number of nitrogens with one attached hydrogen (secondary N) is 1. The van der Waals surface area contributed by atoms with Crippen molar-refractivity contribution < 1.29 is 0 Å². The lowest BCUT2D eigenvalue weighted by atomic mass is 10.2. The van der Waals surface area contributed by atoms with E-state index in [-0.39, 0.29) is 0 Å². The summed E-state index contributed by atoms with van der Waals surface area (Å²) < 4.78 is 1.94. The largest absolute Gasteiger partial charge is 0.352 e. The summed E-state index contributed by atoms with van der Waals surface area (Å²) in [5, 5.41) is 7.94. The second-order valence-electron chi connectivity index (χ2n) is 6.04. The number of hydrogen-bond donors (Lipinski definition) is 1. The molecule has 2 fully saturated rings. The molecule has 0 bridgehead atoms. The lowest BCUT2D eigenvalue weighted by Crippen LogP contribution is -2.51. The SMILES string of the molecule is Cc1cc2c(N3CCN(C4CCNC4)CC3)nccn2n1. The molecule has 6 nitrogen and oxygen atoms in total. The maximum absolute atomic E-state index is 4.60. The molecule has 0 saturated carbocycles. The molecule has 0 spiro atoms. The highest BCUT2D eigenvalue weighted by Crippen LogP contribution is 2.22. The quantitative estimate of drug-likeness (QED) is 0.872. The third-order valence-electron chi connectivity index (χ3n) is 4.66. The lowest BCUT2D eigenvalue weighted by molar-refractivity contribution is 0.196. The highest BCUT2D eigenvalue weighted by Gasteiger charge is 2.27. The molecule has 0 radical (unpaired) electrons. The summed E-state index contributed by atoms with van der Waals surface area (Å²) in [5.41, 5.74) is 2.16. The van der Waals surface area contributed by atoms with Crippen LogP contribution < -0.4 is 10.2 Å². The Morgan fingerprint density at radius 1 is 1.24 bits per heavy atom. The number of aromatic nitrogens is 3. The van der Waals surface area contributed by atoms with E-state index >= 15 is 0 Å². The molecular formula is C15H22N6. The molecule has 6 heteroatoms. The summed E-state index contributed by atoms with van der Waals surface area (Å²) in [7, 11) is 0. The number of aryl methyl sites for hydroxylation is 1. The third-order valence-corrected chi connectivity index (χ3v) is 4.66. The number of piperazine rings is 1. The average Bonchev–Trinajstić information content (AvgIpc) is 3.15. The highest BCUT2D eigenvalue weighted by molar-refractivity contribution is 5.69. The van der Waals surface area contributed by atoms with Gasteiger partial charge in [0.1, 0.15) is 5.52 Å². The third kappa shape index (κ3) is 2.38. The van der Waals surface area contributed by atoms with Gasteiger partial charge >= 0.3 is 0 Å². The van der Waals surface area contributed by atoms with Crippen LogP contribution in [-0.4, -0.2) is 64.8 Å². The molecular weight excluding hydrogens is 264 g/mol. The van der Waals surface area contributed by atoms with Crippen LogP contribution in [-0.2, 0) is 0 Å². The molecule has 1 atom stereocenters. The molecule has 2 aromatic rings. The Labute approximate surface area is 124 Å². The van der Waals surface area contributed by atoms with Gasteiger partial charge in [-0.05, 0) is 26.0 Å². The van der Waals surface area contributed by atoms with Gasteiger partial charge in [0, 0.05) is 51.2 Å². The molecule has 1 N–H and O–H groups in total. The van der Waals surface area contributed by atoms with E-state index in [0.29, 0.717) is 0 Å². The fourth-order valence-corrected chi connectivity index (χ4v) is 3.52. The van der Waals surface area contributed by atoms with Crippen molar-refractivity contribution in [2.24, 2.45) is 0 Å². The maximum atomic E-state index is 4.60. The van der Waals surface area contributed by atoms with Gasteiger partial charge in [-0.2, -0.15) is 5.10 Å². The summed E-state index contributed by atoms with van der Waals surface area (Å²) >= 11 is 0. The van der Waals surface area contributed by atoms with Crippen molar-refractivity contribution in [3.05, 3.63) is 24.2 Å². The molecule has 112 valence electrons. The minimum Gasteiger partial charge on any atom is -0.352 e. The minimum absolute atomic E-state index is 0.730. The molecule has 2 aliphatic heterocycles. The Balaban J connectivity index is 1.52. The van der Waals surface area contributed by atoms with E-state index in [0.717, 1.165) is 55.8 Å². The molecule has 0 aromatic carbocycles. The van der Waals surface area contributed by atoms with Crippen molar-refractivity contribution in [2.75, 3.05) is 44.2 Å². The zero-order valence-corrected chi connectivity index (χ0v) is 12.5. The van der Waals surface area contributed by atoms with Crippen molar-refractivity contribution in [1.29, 1.82) is 0 Å². The van der Waals surface area contributed by atoms with Gasteiger partial charge in [0.05, 0.1) is 5.69 Å². The van der Waals surface area contributed by atoms with Crippen molar-refractivity contribution >= 4 is 11.3 Å². The van der Waals surface area contributed by atoms with Gasteiger partial charge in [-0.3, -0.25) is 4.90 Å². The molecule has 4 rings (SSSR count). The van der Waals surface area contributed by atoms with Crippen LogP contribution in [0.15, 0.2) is 18.5 Å². The zero-order chi connectivity index (χ0) is 14.2. The first-order chi connectivity index (χ1) is 10.3. The Hall–Kier alpha value is -1.66. The Bertz CT molecular complexity index is 622. The van der Waals surface area contributed by atoms with Gasteiger partial charge < -0.3 is 10.2 Å². The number of nitrogens with zero attached hydrogens (tertiary/aromatic N) is 5. The lowest BCUT2D eigenvalue weighted by Gasteiger charge is -2.38. The number of hydrogen-bond acceptors (Lipinski definition) is 5. The smallest absolute Gasteiger partial charge is 0.154 e. The van der Waals surface area contributed by atoms with Crippen LogP contribution >= 0.6 is 0 Å². The van der Waals surface area contributed by atoms with E-state index in [1.807, 2.05) is 23.8 Å². The first kappa shape index (κ1) is 13.0. The average molecular weight is 286 g/mol. The summed E-state index contributed by atoms with van der Waals surface area (Å²) in [4.78, 5) is 9.62. The van der Waals surface area contributed by atoms with E-state index in [9.17, 15) is 0 Å². The van der Waals surface area contributed by atoms with E-state index < -0.39 is 0 Å². The van der Waals surface area contributed by atoms with E-state index in [1.54, 1.807) is 0 Å². The van der Waals surface area contributed by atoms with E-state index in [4.69, 9.17) is 0 Å². The number of rotatable bonds is 2. The molecule has 4 heterocycles. The predicted molar refractivity (Wildman–Crippen MR) is 82.8 cm³/mol. The van der Waals surface area contributed by atoms with Gasteiger partial charge in [0.25, 0.3) is 0 Å². The van der Waals surface area contributed by atoms with Crippen molar-refractivity contribution in [2.45, 2.75) is 19.4 Å². The van der Waals surface area contributed by atoms with Gasteiger partial charge in [0.15, 0.2) is 5.82 Å². The molecule has 2 saturated heterocycles. The topological polar surface area (TPSA) is 48.7 Å². The summed E-state index contributed by atoms with van der Waals surface area (Å²) in [6.45, 7) is 8.70. The van der Waals surface area contributed by atoms with Crippen molar-refractivity contribution in [3.8, 4) is 0 Å². The normalized spacial score (nSPS) is 24.0. The molecule has 2 aliphatic rings. The second-order valence-corrected chi connectivity index (χ2v) is 6.04. The van der Waals surface area contributed by atoms with Crippen LogP contribution in [0.1, 0.15) is 12.1 Å². The van der Waals surface area contributed by atoms with Gasteiger partial charge in [-0.15, -0.1) is 0 Å². The molecule has 1 unspecified atom stereocenters. The van der Waals surface area contributed by atoms with Crippen LogP contribution in [0.3, 0.4) is 0 Å². The summed E-state index contributed by atoms with van der Waals surface area (Å²) in [6, 6.07) is 2.85. The molecule has 2 aromatic heterocycles. The van der Waals surface area contributed by atoms with Crippen LogP contribution in [0, 0.1) is 6.92 Å². The van der Waals surface area contributed by atoms with E-state index in [2.05, 4.69) is 31.3 Å². The zero-order valence-electron chi connectivity index (χ0n) is 12.5. The van der Waals surface area contributed by atoms with Gasteiger partial charge in [0.2, 0.25) is 0 Å². The standard InChI is InChI=1S/C15H22N6/c1-12-10-14-15(17-4-5-21(14)18-12)20-8-6-19(7-9-20)13-2-3-16-11-13/h4-5,10,13,16H,2-3,6-9,11H2,1H3. The first-order valence-electron chi connectivity index (χ1n) is 7.82. The second kappa shape index (κ2) is 5.27. The van der Waals surface area contributed by atoms with Crippen molar-refractivity contribution in [3.63, 3.8) is 0 Å². The molecule has 0 amide bonds. The van der Waals surface area contributed by atoms with Crippen LogP contribution in [0.5, 0.6) is 0 Å². The molecule has 21 heavy (non-hydrogen) atoms. The van der Waals surface area contributed by atoms with E-state index in [1.165, 1.54) is 13.0 Å². The Morgan fingerprint density at radius 2 is 2.10 bits per heavy atom. The van der Waals surface area contributed by atoms with Crippen LogP contribution in [0.4, 0.5) is 5.82 Å². The monoisotopic (exact) mass is 286 g/mol. The highest BCUT2D eigenvalue weighted by atomic mass is 15.3. The first-order valence-corrected chi connectivity index (χ1v) is 7.82. The minimum atomic E-state index is 0.730. The number of anilines is 1. The summed E-state index contributed by atoms with van der Waals surface area (Å²) in [6.07, 6.45) is 5.06. The van der Waals surface area contributed by atoms with Crippen LogP contribution in [0.2, 0.25) is 0 Å². The summed E-state index contributed by atoms with van der Waals surface area (Å²) in [5.74, 6) is 1.07. The fourth-order valence-electron chi connectivity index (χ4n) is 3.52. The van der Waals surface area contributed by atoms with Crippen LogP contribution in [0.25, 0.3) is 5.52 Å². The van der Waals surface area contributed by atoms with Gasteiger partial charge in [-0.25, -0.2) is 9.50 Å². The predicted octanol–water partition coefficient (Wildman–Crippen LogP) is 0.522. The number of fused-ring (bicyclic) bond motifs is 1. The Kier molecular flexibility index (Phi) is 3.27.